The zero-order valence-corrected chi connectivity index (χ0v) is 12.1. The quantitative estimate of drug-likeness (QED) is 0.772. The fourth-order valence-corrected chi connectivity index (χ4v) is 2.52. The molecule has 1 aromatic heterocycles. The van der Waals surface area contributed by atoms with Crippen molar-refractivity contribution in [2.45, 2.75) is 26.7 Å². The third kappa shape index (κ3) is 3.68. The molecule has 0 aliphatic carbocycles. The molecule has 0 bridgehead atoms. The normalized spacial score (nSPS) is 10.9. The van der Waals surface area contributed by atoms with Crippen LogP contribution in [0.15, 0.2) is 0 Å². The Morgan fingerprint density at radius 3 is 2.67 bits per heavy atom. The van der Waals surface area contributed by atoms with Gasteiger partial charge in [-0.1, -0.05) is 25.2 Å². The maximum absolute atomic E-state index is 11.1. The van der Waals surface area contributed by atoms with Crippen molar-refractivity contribution in [3.8, 4) is 0 Å². The first-order chi connectivity index (χ1) is 8.47. The second-order valence-electron chi connectivity index (χ2n) is 4.29. The number of likely N-dealkylation sites (N-methyl/N-ethyl adjacent to an activating group) is 1. The predicted molar refractivity (Wildman–Crippen MR) is 72.9 cm³/mol. The smallest absolute Gasteiger partial charge is 0.347 e. The maximum atomic E-state index is 11.1. The highest BCUT2D eigenvalue weighted by molar-refractivity contribution is 7.17. The number of aromatic carboxylic acids is 1. The summed E-state index contributed by atoms with van der Waals surface area (Å²) in [6.45, 7) is 7.85. The van der Waals surface area contributed by atoms with Gasteiger partial charge in [0.1, 0.15) is 4.88 Å². The monoisotopic (exact) mass is 272 g/mol. The number of thiazole rings is 1. The summed E-state index contributed by atoms with van der Waals surface area (Å²) in [6, 6.07) is 0. The highest BCUT2D eigenvalue weighted by atomic mass is 32.1. The van der Waals surface area contributed by atoms with Gasteiger partial charge in [-0.3, -0.25) is 0 Å². The van der Waals surface area contributed by atoms with Crippen LogP contribution in [0, 0.1) is 0 Å². The third-order valence-electron chi connectivity index (χ3n) is 2.48. The van der Waals surface area contributed by atoms with Gasteiger partial charge in [0.05, 0.1) is 12.3 Å². The highest BCUT2D eigenvalue weighted by Gasteiger charge is 2.21. The van der Waals surface area contributed by atoms with Crippen molar-refractivity contribution in [2.24, 2.45) is 0 Å². The van der Waals surface area contributed by atoms with Gasteiger partial charge in [0.15, 0.2) is 5.13 Å². The van der Waals surface area contributed by atoms with E-state index >= 15 is 0 Å². The van der Waals surface area contributed by atoms with Gasteiger partial charge in [-0.05, 0) is 12.8 Å². The minimum Gasteiger partial charge on any atom is -0.477 e. The number of carboxylic acids is 1. The standard InChI is InChI=1S/C12H20N2O3S/c1-5-17-7-6-14(4)12-13-9(8(2)3)10(18-12)11(15)16/h8H,5-7H2,1-4H3,(H,15,16). The Kier molecular flexibility index (Phi) is 5.55. The Morgan fingerprint density at radius 1 is 1.56 bits per heavy atom. The Morgan fingerprint density at radius 2 is 2.22 bits per heavy atom. The van der Waals surface area contributed by atoms with E-state index in [0.29, 0.717) is 30.3 Å². The van der Waals surface area contributed by atoms with Gasteiger partial charge < -0.3 is 14.7 Å². The summed E-state index contributed by atoms with van der Waals surface area (Å²) in [4.78, 5) is 17.8. The minimum absolute atomic E-state index is 0.112. The Labute approximate surface area is 111 Å². The van der Waals surface area contributed by atoms with E-state index in [4.69, 9.17) is 9.84 Å². The second kappa shape index (κ2) is 6.70. The van der Waals surface area contributed by atoms with Gasteiger partial charge in [-0.15, -0.1) is 0 Å². The lowest BCUT2D eigenvalue weighted by Crippen LogP contribution is -2.22. The van der Waals surface area contributed by atoms with E-state index in [1.54, 1.807) is 0 Å². The molecule has 0 aromatic carbocycles. The van der Waals surface area contributed by atoms with Crippen LogP contribution < -0.4 is 4.90 Å². The zero-order chi connectivity index (χ0) is 13.7. The average molecular weight is 272 g/mol. The molecule has 1 aromatic rings. The molecule has 1 rings (SSSR count). The van der Waals surface area contributed by atoms with Crippen LogP contribution in [0.25, 0.3) is 0 Å². The molecular formula is C12H20N2O3S. The SMILES string of the molecule is CCOCCN(C)c1nc(C(C)C)c(C(=O)O)s1. The van der Waals surface area contributed by atoms with Crippen molar-refractivity contribution in [2.75, 3.05) is 31.7 Å². The number of rotatable bonds is 7. The lowest BCUT2D eigenvalue weighted by molar-refractivity contribution is 0.0700. The van der Waals surface area contributed by atoms with Crippen molar-refractivity contribution >= 4 is 22.4 Å². The van der Waals surface area contributed by atoms with E-state index in [0.717, 1.165) is 5.13 Å². The molecule has 18 heavy (non-hydrogen) atoms. The summed E-state index contributed by atoms with van der Waals surface area (Å²) in [5.74, 6) is -0.790. The Balaban J connectivity index is 2.83. The average Bonchev–Trinajstić information content (AvgIpc) is 2.74. The first-order valence-corrected chi connectivity index (χ1v) is 6.81. The van der Waals surface area contributed by atoms with E-state index < -0.39 is 5.97 Å². The van der Waals surface area contributed by atoms with E-state index in [2.05, 4.69) is 4.98 Å². The first-order valence-electron chi connectivity index (χ1n) is 6.00. The summed E-state index contributed by atoms with van der Waals surface area (Å²) in [7, 11) is 1.90. The van der Waals surface area contributed by atoms with Crippen molar-refractivity contribution in [1.82, 2.24) is 4.98 Å². The fourth-order valence-electron chi connectivity index (χ4n) is 1.47. The third-order valence-corrected chi connectivity index (χ3v) is 3.66. The van der Waals surface area contributed by atoms with Crippen LogP contribution in [-0.4, -0.2) is 42.9 Å². The van der Waals surface area contributed by atoms with Gasteiger partial charge in [0.25, 0.3) is 0 Å². The number of nitrogens with zero attached hydrogens (tertiary/aromatic N) is 2. The molecule has 5 nitrogen and oxygen atoms in total. The topological polar surface area (TPSA) is 62.7 Å². The zero-order valence-electron chi connectivity index (χ0n) is 11.3. The summed E-state index contributed by atoms with van der Waals surface area (Å²) < 4.78 is 5.28. The largest absolute Gasteiger partial charge is 0.477 e. The molecule has 1 heterocycles. The molecule has 0 saturated carbocycles. The lowest BCUT2D eigenvalue weighted by atomic mass is 10.1. The Bertz CT molecular complexity index is 404. The van der Waals surface area contributed by atoms with Crippen molar-refractivity contribution in [3.05, 3.63) is 10.6 Å². The maximum Gasteiger partial charge on any atom is 0.347 e. The number of carboxylic acid groups (broad SMARTS) is 1. The van der Waals surface area contributed by atoms with Gasteiger partial charge in [-0.25, -0.2) is 9.78 Å². The van der Waals surface area contributed by atoms with Gasteiger partial charge in [0, 0.05) is 20.2 Å². The molecule has 0 fully saturated rings. The number of hydrogen-bond acceptors (Lipinski definition) is 5. The van der Waals surface area contributed by atoms with E-state index in [1.165, 1.54) is 11.3 Å². The van der Waals surface area contributed by atoms with Crippen molar-refractivity contribution in [1.29, 1.82) is 0 Å². The summed E-state index contributed by atoms with van der Waals surface area (Å²) >= 11 is 1.22. The van der Waals surface area contributed by atoms with Crippen LogP contribution in [0.1, 0.15) is 42.1 Å². The van der Waals surface area contributed by atoms with Crippen LogP contribution in [0.3, 0.4) is 0 Å². The second-order valence-corrected chi connectivity index (χ2v) is 5.27. The lowest BCUT2D eigenvalue weighted by Gasteiger charge is -2.15. The number of aromatic nitrogens is 1. The van der Waals surface area contributed by atoms with Crippen LogP contribution in [-0.2, 0) is 4.74 Å². The summed E-state index contributed by atoms with van der Waals surface area (Å²) in [5, 5.41) is 9.88. The minimum atomic E-state index is -0.902. The molecule has 0 saturated heterocycles. The molecule has 0 aliphatic heterocycles. The van der Waals surface area contributed by atoms with Gasteiger partial charge in [-0.2, -0.15) is 0 Å². The molecule has 0 aliphatic rings. The predicted octanol–water partition coefficient (Wildman–Crippen LogP) is 2.44. The van der Waals surface area contributed by atoms with Crippen LogP contribution in [0.2, 0.25) is 0 Å². The first kappa shape index (κ1) is 14.9. The van der Waals surface area contributed by atoms with Crippen LogP contribution in [0.4, 0.5) is 5.13 Å². The molecule has 0 unspecified atom stereocenters. The van der Waals surface area contributed by atoms with E-state index in [9.17, 15) is 4.79 Å². The Hall–Kier alpha value is -1.14. The highest BCUT2D eigenvalue weighted by Crippen LogP contribution is 2.30. The molecular weight excluding hydrogens is 252 g/mol. The molecule has 102 valence electrons. The number of hydrogen-bond donors (Lipinski definition) is 1. The molecule has 0 radical (unpaired) electrons. The van der Waals surface area contributed by atoms with Crippen molar-refractivity contribution in [3.63, 3.8) is 0 Å². The van der Waals surface area contributed by atoms with E-state index in [-0.39, 0.29) is 5.92 Å². The molecule has 0 atom stereocenters. The van der Waals surface area contributed by atoms with Gasteiger partial charge >= 0.3 is 5.97 Å². The number of ether oxygens (including phenoxy) is 1. The van der Waals surface area contributed by atoms with E-state index in [1.807, 2.05) is 32.7 Å². The number of carbonyl (C=O) groups is 1. The summed E-state index contributed by atoms with van der Waals surface area (Å²) in [6.07, 6.45) is 0. The number of anilines is 1. The molecule has 1 N–H and O–H groups in total. The molecule has 0 amide bonds. The van der Waals surface area contributed by atoms with Crippen molar-refractivity contribution < 1.29 is 14.6 Å². The van der Waals surface area contributed by atoms with Gasteiger partial charge in [0.2, 0.25) is 0 Å². The summed E-state index contributed by atoms with van der Waals surface area (Å²) in [5.41, 5.74) is 0.658. The van der Waals surface area contributed by atoms with Crippen LogP contribution >= 0.6 is 11.3 Å². The molecule has 0 spiro atoms. The fraction of sp³-hybridized carbons (Fsp3) is 0.667. The van der Waals surface area contributed by atoms with Crippen LogP contribution in [0.5, 0.6) is 0 Å². The molecule has 6 heteroatoms.